The Bertz CT molecular complexity index is 850. The number of urea groups is 1. The molecule has 2 aromatic carbocycles. The van der Waals surface area contributed by atoms with Gasteiger partial charge in [-0.25, -0.2) is 4.79 Å². The molecule has 0 bridgehead atoms. The Morgan fingerprint density at radius 3 is 2.40 bits per heavy atom. The molecule has 0 unspecified atom stereocenters. The lowest BCUT2D eigenvalue weighted by molar-refractivity contribution is -0.137. The van der Waals surface area contributed by atoms with Gasteiger partial charge in [0, 0.05) is 22.8 Å². The summed E-state index contributed by atoms with van der Waals surface area (Å²) >= 11 is 6.08. The molecule has 0 aliphatic carbocycles. The number of halogens is 4. The monoisotopic (exact) mass is 439 g/mol. The van der Waals surface area contributed by atoms with E-state index in [0.29, 0.717) is 23.4 Å². The summed E-state index contributed by atoms with van der Waals surface area (Å²) < 4.78 is 38.9. The van der Waals surface area contributed by atoms with E-state index < -0.39 is 11.7 Å². The number of rotatable bonds is 6. The van der Waals surface area contributed by atoms with E-state index in [0.717, 1.165) is 38.2 Å². The van der Waals surface area contributed by atoms with Crippen molar-refractivity contribution in [1.82, 2.24) is 10.2 Å². The van der Waals surface area contributed by atoms with Crippen molar-refractivity contribution >= 4 is 23.3 Å². The highest BCUT2D eigenvalue weighted by Crippen LogP contribution is 2.36. The summed E-state index contributed by atoms with van der Waals surface area (Å²) in [4.78, 5) is 14.5. The molecule has 8 heteroatoms. The molecule has 2 amide bonds. The average molecular weight is 440 g/mol. The molecule has 2 aromatic rings. The van der Waals surface area contributed by atoms with Gasteiger partial charge in [-0.05, 0) is 74.8 Å². The van der Waals surface area contributed by atoms with Crippen LogP contribution in [0.25, 0.3) is 11.1 Å². The van der Waals surface area contributed by atoms with Crippen LogP contribution in [0.15, 0.2) is 42.5 Å². The number of benzene rings is 2. The van der Waals surface area contributed by atoms with Crippen molar-refractivity contribution in [3.8, 4) is 11.1 Å². The van der Waals surface area contributed by atoms with Crippen molar-refractivity contribution in [3.05, 3.63) is 53.1 Å². The van der Waals surface area contributed by atoms with E-state index >= 15 is 0 Å². The van der Waals surface area contributed by atoms with Crippen LogP contribution in [0.4, 0.5) is 23.7 Å². The molecule has 0 saturated carbocycles. The number of alkyl halides is 3. The third-order valence-corrected chi connectivity index (χ3v) is 5.46. The largest absolute Gasteiger partial charge is 0.416 e. The smallest absolute Gasteiger partial charge is 0.338 e. The Hall–Kier alpha value is -2.25. The second-order valence-corrected chi connectivity index (χ2v) is 7.81. The number of hydrogen-bond donors (Lipinski definition) is 2. The molecule has 1 aliphatic rings. The highest BCUT2D eigenvalue weighted by atomic mass is 35.5. The number of nitrogens with one attached hydrogen (secondary N) is 2. The maximum absolute atomic E-state index is 13.0. The minimum absolute atomic E-state index is 0.232. The summed E-state index contributed by atoms with van der Waals surface area (Å²) in [5, 5.41) is 5.79. The van der Waals surface area contributed by atoms with Crippen molar-refractivity contribution in [1.29, 1.82) is 0 Å². The zero-order chi connectivity index (χ0) is 21.6. The van der Waals surface area contributed by atoms with E-state index in [2.05, 4.69) is 15.5 Å². The SMILES string of the molecule is O=C(NCCCN1CCCCC1)Nc1ccc(-c2cc(C(F)(F)F)ccc2Cl)cc1. The molecule has 0 spiro atoms. The van der Waals surface area contributed by atoms with Gasteiger partial charge >= 0.3 is 12.2 Å². The van der Waals surface area contributed by atoms with Gasteiger partial charge in [0.05, 0.1) is 5.56 Å². The second kappa shape index (κ2) is 10.2. The van der Waals surface area contributed by atoms with E-state index in [4.69, 9.17) is 11.6 Å². The fourth-order valence-corrected chi connectivity index (χ4v) is 3.75. The van der Waals surface area contributed by atoms with Gasteiger partial charge in [-0.3, -0.25) is 0 Å². The van der Waals surface area contributed by atoms with Gasteiger partial charge in [0.15, 0.2) is 0 Å². The molecule has 1 saturated heterocycles. The number of carbonyl (C=O) groups is 1. The normalized spacial score (nSPS) is 15.1. The lowest BCUT2D eigenvalue weighted by Crippen LogP contribution is -2.34. The van der Waals surface area contributed by atoms with E-state index in [1.807, 2.05) is 0 Å². The first-order chi connectivity index (χ1) is 14.3. The molecule has 1 aliphatic heterocycles. The molecule has 2 N–H and O–H groups in total. The fourth-order valence-electron chi connectivity index (χ4n) is 3.52. The minimum Gasteiger partial charge on any atom is -0.338 e. The third kappa shape index (κ3) is 6.37. The molecule has 1 heterocycles. The van der Waals surface area contributed by atoms with Crippen LogP contribution in [0.3, 0.4) is 0 Å². The molecule has 0 aromatic heterocycles. The van der Waals surface area contributed by atoms with Crippen LogP contribution < -0.4 is 10.6 Å². The number of amides is 2. The Labute approximate surface area is 179 Å². The van der Waals surface area contributed by atoms with Gasteiger partial charge in [0.2, 0.25) is 0 Å². The summed E-state index contributed by atoms with van der Waals surface area (Å²) in [6.45, 7) is 3.83. The first-order valence-corrected chi connectivity index (χ1v) is 10.4. The Balaban J connectivity index is 1.51. The van der Waals surface area contributed by atoms with E-state index in [1.165, 1.54) is 25.3 Å². The van der Waals surface area contributed by atoms with Crippen molar-refractivity contribution < 1.29 is 18.0 Å². The molecule has 4 nitrogen and oxygen atoms in total. The van der Waals surface area contributed by atoms with Gasteiger partial charge in [-0.15, -0.1) is 0 Å². The molecule has 0 radical (unpaired) electrons. The predicted molar refractivity (Wildman–Crippen MR) is 114 cm³/mol. The van der Waals surface area contributed by atoms with Gasteiger partial charge in [-0.2, -0.15) is 13.2 Å². The van der Waals surface area contributed by atoms with Crippen LogP contribution in [0, 0.1) is 0 Å². The molecule has 0 atom stereocenters. The van der Waals surface area contributed by atoms with Gasteiger partial charge in [0.25, 0.3) is 0 Å². The van der Waals surface area contributed by atoms with E-state index in [1.54, 1.807) is 24.3 Å². The van der Waals surface area contributed by atoms with E-state index in [-0.39, 0.29) is 11.1 Å². The number of carbonyl (C=O) groups excluding carboxylic acids is 1. The number of nitrogens with zero attached hydrogens (tertiary/aromatic N) is 1. The van der Waals surface area contributed by atoms with Gasteiger partial charge < -0.3 is 15.5 Å². The molecule has 3 rings (SSSR count). The van der Waals surface area contributed by atoms with Crippen LogP contribution in [0.5, 0.6) is 0 Å². The summed E-state index contributed by atoms with van der Waals surface area (Å²) in [5.41, 5.74) is 0.627. The Morgan fingerprint density at radius 1 is 1.03 bits per heavy atom. The highest BCUT2D eigenvalue weighted by molar-refractivity contribution is 6.33. The topological polar surface area (TPSA) is 44.4 Å². The maximum atomic E-state index is 13.0. The maximum Gasteiger partial charge on any atom is 0.416 e. The number of anilines is 1. The summed E-state index contributed by atoms with van der Waals surface area (Å²) in [6.07, 6.45) is 0.245. The van der Waals surface area contributed by atoms with Crippen molar-refractivity contribution in [2.24, 2.45) is 0 Å². The third-order valence-electron chi connectivity index (χ3n) is 5.13. The number of hydrogen-bond acceptors (Lipinski definition) is 2. The highest BCUT2D eigenvalue weighted by Gasteiger charge is 2.31. The lowest BCUT2D eigenvalue weighted by atomic mass is 10.0. The predicted octanol–water partition coefficient (Wildman–Crippen LogP) is 6.02. The van der Waals surface area contributed by atoms with Crippen LogP contribution in [-0.2, 0) is 6.18 Å². The zero-order valence-corrected chi connectivity index (χ0v) is 17.3. The first kappa shape index (κ1) is 22.4. The zero-order valence-electron chi connectivity index (χ0n) is 16.6. The van der Waals surface area contributed by atoms with Gasteiger partial charge in [-0.1, -0.05) is 30.2 Å². The van der Waals surface area contributed by atoms with Gasteiger partial charge in [0.1, 0.15) is 0 Å². The summed E-state index contributed by atoms with van der Waals surface area (Å²) in [5.74, 6) is 0. The standard InChI is InChI=1S/C22H25ClF3N3O/c23-20-10-7-17(22(24,25)26)15-19(20)16-5-8-18(9-6-16)28-21(30)27-11-4-14-29-12-2-1-3-13-29/h5-10,15H,1-4,11-14H2,(H2,27,28,30). The van der Waals surface area contributed by atoms with Crippen molar-refractivity contribution in [2.45, 2.75) is 31.9 Å². The molecular formula is C22H25ClF3N3O. The molecular weight excluding hydrogens is 415 g/mol. The van der Waals surface area contributed by atoms with Crippen molar-refractivity contribution in [2.75, 3.05) is 31.5 Å². The first-order valence-electron chi connectivity index (χ1n) is 10.1. The average Bonchev–Trinajstić information content (AvgIpc) is 2.72. The quantitative estimate of drug-likeness (QED) is 0.540. The molecule has 30 heavy (non-hydrogen) atoms. The molecule has 1 fully saturated rings. The van der Waals surface area contributed by atoms with Crippen LogP contribution in [0.1, 0.15) is 31.2 Å². The number of likely N-dealkylation sites (tertiary alicyclic amines) is 1. The van der Waals surface area contributed by atoms with Crippen LogP contribution in [0.2, 0.25) is 5.02 Å². The lowest BCUT2D eigenvalue weighted by Gasteiger charge is -2.26. The Kier molecular flexibility index (Phi) is 7.61. The molecule has 162 valence electrons. The minimum atomic E-state index is -4.44. The van der Waals surface area contributed by atoms with E-state index in [9.17, 15) is 18.0 Å². The van der Waals surface area contributed by atoms with Crippen LogP contribution >= 0.6 is 11.6 Å². The summed E-state index contributed by atoms with van der Waals surface area (Å²) in [7, 11) is 0. The Morgan fingerprint density at radius 2 is 1.73 bits per heavy atom. The summed E-state index contributed by atoms with van der Waals surface area (Å²) in [6, 6.07) is 9.46. The second-order valence-electron chi connectivity index (χ2n) is 7.41. The fraction of sp³-hybridized carbons (Fsp3) is 0.409. The van der Waals surface area contributed by atoms with Crippen LogP contribution in [-0.4, -0.2) is 37.1 Å². The number of piperidine rings is 1. The van der Waals surface area contributed by atoms with Crippen molar-refractivity contribution in [3.63, 3.8) is 0 Å².